The highest BCUT2D eigenvalue weighted by Gasteiger charge is 2.43. The first-order chi connectivity index (χ1) is 9.82. The molecule has 0 unspecified atom stereocenters. The number of thiophene rings is 1. The molecule has 0 N–H and O–H groups in total. The molecule has 2 fully saturated rings. The van der Waals surface area contributed by atoms with Crippen LogP contribution in [0.25, 0.3) is 0 Å². The van der Waals surface area contributed by atoms with Crippen molar-refractivity contribution in [2.45, 2.75) is 25.8 Å². The van der Waals surface area contributed by atoms with Gasteiger partial charge < -0.3 is 9.47 Å². The van der Waals surface area contributed by atoms with Crippen LogP contribution in [0, 0.1) is 11.3 Å². The number of methoxy groups -OCH3 is 1. The highest BCUT2D eigenvalue weighted by molar-refractivity contribution is 7.07. The van der Waals surface area contributed by atoms with Gasteiger partial charge in [-0.2, -0.15) is 11.3 Å². The molecule has 1 aromatic heterocycles. The minimum Gasteiger partial charge on any atom is -0.384 e. The Bertz CT molecular complexity index is 397. The van der Waals surface area contributed by atoms with Gasteiger partial charge in [0.05, 0.1) is 13.2 Å². The number of likely N-dealkylation sites (tertiary alicyclic amines) is 1. The fourth-order valence-corrected chi connectivity index (χ4v) is 4.42. The van der Waals surface area contributed by atoms with Crippen molar-refractivity contribution in [2.75, 3.05) is 40.0 Å². The molecule has 0 bridgehead atoms. The van der Waals surface area contributed by atoms with Crippen LogP contribution in [0.3, 0.4) is 0 Å². The zero-order chi connectivity index (χ0) is 13.8. The molecule has 3 rings (SSSR count). The van der Waals surface area contributed by atoms with Gasteiger partial charge in [0.1, 0.15) is 0 Å². The predicted molar refractivity (Wildman–Crippen MR) is 82.1 cm³/mol. The molecule has 0 aliphatic carbocycles. The van der Waals surface area contributed by atoms with Crippen LogP contribution < -0.4 is 0 Å². The van der Waals surface area contributed by atoms with Crippen LogP contribution >= 0.6 is 11.3 Å². The number of nitrogens with zero attached hydrogens (tertiary/aromatic N) is 1. The van der Waals surface area contributed by atoms with Crippen molar-refractivity contribution in [1.82, 2.24) is 4.90 Å². The van der Waals surface area contributed by atoms with E-state index in [1.54, 1.807) is 11.3 Å². The van der Waals surface area contributed by atoms with Gasteiger partial charge in [-0.1, -0.05) is 0 Å². The summed E-state index contributed by atoms with van der Waals surface area (Å²) in [5.41, 5.74) is 1.94. The summed E-state index contributed by atoms with van der Waals surface area (Å²) in [6.07, 6.45) is 3.82. The molecule has 0 saturated carbocycles. The molecule has 0 aromatic carbocycles. The maximum Gasteiger partial charge on any atom is 0.0521 e. The van der Waals surface area contributed by atoms with Gasteiger partial charge in [-0.25, -0.2) is 0 Å². The summed E-state index contributed by atoms with van der Waals surface area (Å²) < 4.78 is 11.1. The normalized spacial score (nSPS) is 26.9. The average Bonchev–Trinajstić information content (AvgIpc) is 2.97. The van der Waals surface area contributed by atoms with Crippen LogP contribution in [0.4, 0.5) is 0 Å². The van der Waals surface area contributed by atoms with Crippen molar-refractivity contribution in [3.63, 3.8) is 0 Å². The van der Waals surface area contributed by atoms with E-state index >= 15 is 0 Å². The molecule has 0 amide bonds. The van der Waals surface area contributed by atoms with Gasteiger partial charge in [0.15, 0.2) is 0 Å². The second kappa shape index (κ2) is 6.56. The Morgan fingerprint density at radius 3 is 2.95 bits per heavy atom. The van der Waals surface area contributed by atoms with E-state index in [0.717, 1.165) is 26.4 Å². The largest absolute Gasteiger partial charge is 0.384 e. The van der Waals surface area contributed by atoms with Crippen LogP contribution in [-0.2, 0) is 16.0 Å². The van der Waals surface area contributed by atoms with E-state index in [1.807, 2.05) is 7.11 Å². The first-order valence-electron chi connectivity index (χ1n) is 7.62. The standard InChI is InChI=1S/C16H25NO2S/c1-18-11-15-12-19-8-5-16(15)3-6-17(7-4-16)10-14-2-9-20-13-14/h2,9,13,15H,3-8,10-12H2,1H3/t15-/m0/s1. The number of rotatable bonds is 4. The Hall–Kier alpha value is -0.420. The molecule has 1 atom stereocenters. The van der Waals surface area contributed by atoms with E-state index in [-0.39, 0.29) is 0 Å². The molecule has 2 aliphatic heterocycles. The minimum absolute atomic E-state index is 0.472. The SMILES string of the molecule is COC[C@H]1COCCC12CCN(Cc1ccsc1)CC2. The summed E-state index contributed by atoms with van der Waals surface area (Å²) in [4.78, 5) is 2.60. The molecule has 2 saturated heterocycles. The topological polar surface area (TPSA) is 21.7 Å². The molecule has 2 aliphatic rings. The zero-order valence-electron chi connectivity index (χ0n) is 12.3. The van der Waals surface area contributed by atoms with Crippen molar-refractivity contribution < 1.29 is 9.47 Å². The molecule has 20 heavy (non-hydrogen) atoms. The van der Waals surface area contributed by atoms with Gasteiger partial charge in [0.25, 0.3) is 0 Å². The first-order valence-corrected chi connectivity index (χ1v) is 8.57. The van der Waals surface area contributed by atoms with Gasteiger partial charge in [0, 0.05) is 26.2 Å². The molecular weight excluding hydrogens is 270 g/mol. The average molecular weight is 295 g/mol. The highest BCUT2D eigenvalue weighted by Crippen LogP contribution is 2.44. The first kappa shape index (κ1) is 14.5. The minimum atomic E-state index is 0.472. The summed E-state index contributed by atoms with van der Waals surface area (Å²) in [5, 5.41) is 4.44. The number of ether oxygens (including phenoxy) is 2. The second-order valence-corrected chi connectivity index (χ2v) is 7.03. The van der Waals surface area contributed by atoms with Gasteiger partial charge in [0.2, 0.25) is 0 Å². The lowest BCUT2D eigenvalue weighted by Crippen LogP contribution is -2.49. The van der Waals surface area contributed by atoms with E-state index in [1.165, 1.54) is 37.9 Å². The Kier molecular flexibility index (Phi) is 4.76. The molecule has 4 heteroatoms. The lowest BCUT2D eigenvalue weighted by molar-refractivity contribution is -0.0951. The van der Waals surface area contributed by atoms with Crippen LogP contribution in [0.1, 0.15) is 24.8 Å². The number of piperidine rings is 1. The third-order valence-corrected chi connectivity index (χ3v) is 5.87. The third-order valence-electron chi connectivity index (χ3n) is 5.14. The monoisotopic (exact) mass is 295 g/mol. The number of hydrogen-bond donors (Lipinski definition) is 0. The second-order valence-electron chi connectivity index (χ2n) is 6.25. The van der Waals surface area contributed by atoms with Crippen molar-refractivity contribution >= 4 is 11.3 Å². The molecule has 1 aromatic rings. The quantitative estimate of drug-likeness (QED) is 0.852. The van der Waals surface area contributed by atoms with Crippen molar-refractivity contribution in [3.05, 3.63) is 22.4 Å². The molecule has 1 spiro atoms. The summed E-state index contributed by atoms with van der Waals surface area (Å²) in [6, 6.07) is 2.25. The predicted octanol–water partition coefficient (Wildman–Crippen LogP) is 3.01. The van der Waals surface area contributed by atoms with Crippen LogP contribution in [0.2, 0.25) is 0 Å². The Balaban J connectivity index is 1.58. The van der Waals surface area contributed by atoms with Crippen LogP contribution in [0.5, 0.6) is 0 Å². The van der Waals surface area contributed by atoms with E-state index in [9.17, 15) is 0 Å². The summed E-state index contributed by atoms with van der Waals surface area (Å²) in [7, 11) is 1.81. The van der Waals surface area contributed by atoms with Gasteiger partial charge in [-0.05, 0) is 60.2 Å². The Morgan fingerprint density at radius 2 is 2.25 bits per heavy atom. The van der Waals surface area contributed by atoms with Crippen LogP contribution in [-0.4, -0.2) is 44.9 Å². The lowest BCUT2D eigenvalue weighted by Gasteiger charge is -2.49. The zero-order valence-corrected chi connectivity index (χ0v) is 13.2. The summed E-state index contributed by atoms with van der Waals surface area (Å²) in [6.45, 7) is 6.23. The lowest BCUT2D eigenvalue weighted by atomic mass is 9.66. The Morgan fingerprint density at radius 1 is 1.40 bits per heavy atom. The third kappa shape index (κ3) is 3.08. The number of hydrogen-bond acceptors (Lipinski definition) is 4. The molecule has 112 valence electrons. The van der Waals surface area contributed by atoms with Gasteiger partial charge >= 0.3 is 0 Å². The summed E-state index contributed by atoms with van der Waals surface area (Å²) >= 11 is 1.80. The van der Waals surface area contributed by atoms with Crippen LogP contribution in [0.15, 0.2) is 16.8 Å². The summed E-state index contributed by atoms with van der Waals surface area (Å²) in [5.74, 6) is 0.588. The fraction of sp³-hybridized carbons (Fsp3) is 0.750. The smallest absolute Gasteiger partial charge is 0.0521 e. The molecule has 0 radical (unpaired) electrons. The van der Waals surface area contributed by atoms with Gasteiger partial charge in [-0.3, -0.25) is 4.90 Å². The molecular formula is C16H25NO2S. The molecule has 3 nitrogen and oxygen atoms in total. The van der Waals surface area contributed by atoms with E-state index in [2.05, 4.69) is 21.7 Å². The maximum absolute atomic E-state index is 5.68. The maximum atomic E-state index is 5.68. The van der Waals surface area contributed by atoms with E-state index in [4.69, 9.17) is 9.47 Å². The van der Waals surface area contributed by atoms with E-state index < -0.39 is 0 Å². The Labute approximate surface area is 125 Å². The van der Waals surface area contributed by atoms with Crippen molar-refractivity contribution in [3.8, 4) is 0 Å². The van der Waals surface area contributed by atoms with Crippen molar-refractivity contribution in [1.29, 1.82) is 0 Å². The fourth-order valence-electron chi connectivity index (χ4n) is 3.76. The highest BCUT2D eigenvalue weighted by atomic mass is 32.1. The van der Waals surface area contributed by atoms with Crippen molar-refractivity contribution in [2.24, 2.45) is 11.3 Å². The van der Waals surface area contributed by atoms with Gasteiger partial charge in [-0.15, -0.1) is 0 Å². The van der Waals surface area contributed by atoms with E-state index in [0.29, 0.717) is 11.3 Å². The molecule has 3 heterocycles.